The van der Waals surface area contributed by atoms with E-state index in [9.17, 15) is 8.42 Å². The van der Waals surface area contributed by atoms with Crippen molar-refractivity contribution in [3.8, 4) is 5.75 Å². The SMILES string of the molecule is COc1ccc(C)cc1S(=O)(=O)NCC(c1ccc(Cl)cc1)N(C)C. The van der Waals surface area contributed by atoms with Crippen LogP contribution in [0.2, 0.25) is 5.02 Å². The van der Waals surface area contributed by atoms with Crippen LogP contribution in [-0.2, 0) is 10.0 Å². The van der Waals surface area contributed by atoms with Gasteiger partial charge in [0.25, 0.3) is 0 Å². The second kappa shape index (κ2) is 8.19. The second-order valence-corrected chi connectivity index (χ2v) is 8.21. The zero-order chi connectivity index (χ0) is 18.6. The van der Waals surface area contributed by atoms with Gasteiger partial charge in [-0.1, -0.05) is 29.8 Å². The molecule has 0 bridgehead atoms. The van der Waals surface area contributed by atoms with Gasteiger partial charge in [-0.15, -0.1) is 0 Å². The first kappa shape index (κ1) is 19.7. The Morgan fingerprint density at radius 1 is 1.16 bits per heavy atom. The Balaban J connectivity index is 2.25. The highest BCUT2D eigenvalue weighted by atomic mass is 35.5. The van der Waals surface area contributed by atoms with E-state index in [4.69, 9.17) is 16.3 Å². The molecule has 0 heterocycles. The fraction of sp³-hybridized carbons (Fsp3) is 0.333. The summed E-state index contributed by atoms with van der Waals surface area (Å²) in [5.41, 5.74) is 1.83. The van der Waals surface area contributed by atoms with Crippen molar-refractivity contribution in [2.24, 2.45) is 0 Å². The first-order valence-corrected chi connectivity index (χ1v) is 9.67. The lowest BCUT2D eigenvalue weighted by molar-refractivity contribution is 0.299. The first-order chi connectivity index (χ1) is 11.7. The van der Waals surface area contributed by atoms with E-state index < -0.39 is 10.0 Å². The number of hydrogen-bond donors (Lipinski definition) is 1. The lowest BCUT2D eigenvalue weighted by atomic mass is 10.1. The molecule has 1 atom stereocenters. The van der Waals surface area contributed by atoms with E-state index in [1.54, 1.807) is 24.3 Å². The van der Waals surface area contributed by atoms with E-state index in [1.807, 2.05) is 44.1 Å². The monoisotopic (exact) mass is 382 g/mol. The highest BCUT2D eigenvalue weighted by Crippen LogP contribution is 2.26. The fourth-order valence-electron chi connectivity index (χ4n) is 2.54. The maximum atomic E-state index is 12.7. The molecule has 2 aromatic rings. The lowest BCUT2D eigenvalue weighted by Gasteiger charge is -2.25. The molecule has 0 fully saturated rings. The molecule has 0 amide bonds. The summed E-state index contributed by atoms with van der Waals surface area (Å²) in [6.45, 7) is 2.07. The van der Waals surface area contributed by atoms with Crippen LogP contribution < -0.4 is 9.46 Å². The van der Waals surface area contributed by atoms with Gasteiger partial charge in [-0.05, 0) is 56.4 Å². The molecule has 2 rings (SSSR count). The number of nitrogens with one attached hydrogen (secondary N) is 1. The average Bonchev–Trinajstić information content (AvgIpc) is 2.56. The van der Waals surface area contributed by atoms with Gasteiger partial charge >= 0.3 is 0 Å². The summed E-state index contributed by atoms with van der Waals surface area (Å²) in [7, 11) is 1.57. The van der Waals surface area contributed by atoms with E-state index in [0.717, 1.165) is 11.1 Å². The predicted octanol–water partition coefficient (Wildman–Crippen LogP) is 3.24. The molecule has 0 saturated heterocycles. The third-order valence-electron chi connectivity index (χ3n) is 3.95. The molecule has 25 heavy (non-hydrogen) atoms. The molecule has 136 valence electrons. The van der Waals surface area contributed by atoms with Gasteiger partial charge in [0.2, 0.25) is 10.0 Å². The van der Waals surface area contributed by atoms with Gasteiger partial charge in [0.05, 0.1) is 7.11 Å². The minimum absolute atomic E-state index is 0.122. The van der Waals surface area contributed by atoms with Crippen LogP contribution >= 0.6 is 11.6 Å². The first-order valence-electron chi connectivity index (χ1n) is 7.81. The van der Waals surface area contributed by atoms with Crippen molar-refractivity contribution >= 4 is 21.6 Å². The van der Waals surface area contributed by atoms with Crippen molar-refractivity contribution in [2.75, 3.05) is 27.7 Å². The highest BCUT2D eigenvalue weighted by molar-refractivity contribution is 7.89. The van der Waals surface area contributed by atoms with E-state index in [1.165, 1.54) is 7.11 Å². The van der Waals surface area contributed by atoms with Crippen molar-refractivity contribution in [1.82, 2.24) is 9.62 Å². The number of hydrogen-bond acceptors (Lipinski definition) is 4. The minimum atomic E-state index is -3.70. The Morgan fingerprint density at radius 2 is 1.80 bits per heavy atom. The number of rotatable bonds is 7. The van der Waals surface area contributed by atoms with Crippen molar-refractivity contribution in [2.45, 2.75) is 17.9 Å². The summed E-state index contributed by atoms with van der Waals surface area (Å²) in [5.74, 6) is 0.325. The van der Waals surface area contributed by atoms with Gasteiger partial charge in [-0.25, -0.2) is 13.1 Å². The molecule has 5 nitrogen and oxygen atoms in total. The van der Waals surface area contributed by atoms with E-state index in [2.05, 4.69) is 4.72 Å². The van der Waals surface area contributed by atoms with E-state index in [-0.39, 0.29) is 17.5 Å². The molecule has 1 unspecified atom stereocenters. The Hall–Kier alpha value is -1.60. The molecule has 0 aliphatic rings. The van der Waals surface area contributed by atoms with E-state index in [0.29, 0.717) is 10.8 Å². The number of ether oxygens (including phenoxy) is 1. The molecule has 0 aromatic heterocycles. The molecular weight excluding hydrogens is 360 g/mol. The molecular formula is C18H23ClN2O3S. The maximum absolute atomic E-state index is 12.7. The Bertz CT molecular complexity index is 821. The highest BCUT2D eigenvalue weighted by Gasteiger charge is 2.22. The molecule has 1 N–H and O–H groups in total. The summed E-state index contributed by atoms with van der Waals surface area (Å²) >= 11 is 5.93. The number of methoxy groups -OCH3 is 1. The van der Waals surface area contributed by atoms with Gasteiger partial charge in [-0.3, -0.25) is 0 Å². The second-order valence-electron chi connectivity index (χ2n) is 6.04. The minimum Gasteiger partial charge on any atom is -0.495 e. The number of nitrogens with zero attached hydrogens (tertiary/aromatic N) is 1. The van der Waals surface area contributed by atoms with Gasteiger partial charge < -0.3 is 9.64 Å². The van der Waals surface area contributed by atoms with Gasteiger partial charge in [-0.2, -0.15) is 0 Å². The molecule has 0 aliphatic carbocycles. The van der Waals surface area contributed by atoms with Crippen LogP contribution in [0.1, 0.15) is 17.2 Å². The van der Waals surface area contributed by atoms with Crippen molar-refractivity contribution in [1.29, 1.82) is 0 Å². The molecule has 0 saturated carbocycles. The topological polar surface area (TPSA) is 58.6 Å². The Kier molecular flexibility index (Phi) is 6.46. The van der Waals surface area contributed by atoms with Crippen molar-refractivity contribution < 1.29 is 13.2 Å². The third-order valence-corrected chi connectivity index (χ3v) is 5.65. The number of benzene rings is 2. The van der Waals surface area contributed by atoms with Crippen LogP contribution in [0, 0.1) is 6.92 Å². The Morgan fingerprint density at radius 3 is 2.36 bits per heavy atom. The van der Waals surface area contributed by atoms with E-state index >= 15 is 0 Å². The summed E-state index contributed by atoms with van der Waals surface area (Å²) in [5, 5.41) is 0.645. The van der Waals surface area contributed by atoms with Crippen LogP contribution in [0.5, 0.6) is 5.75 Å². The van der Waals surface area contributed by atoms with Crippen LogP contribution in [0.3, 0.4) is 0 Å². The molecule has 0 spiro atoms. The van der Waals surface area contributed by atoms with Crippen molar-refractivity contribution in [3.63, 3.8) is 0 Å². The average molecular weight is 383 g/mol. The summed E-state index contributed by atoms with van der Waals surface area (Å²) in [6.07, 6.45) is 0. The number of halogens is 1. The lowest BCUT2D eigenvalue weighted by Crippen LogP contribution is -2.34. The quantitative estimate of drug-likeness (QED) is 0.798. The molecule has 0 aliphatic heterocycles. The largest absolute Gasteiger partial charge is 0.495 e. The Labute approximate surface area is 154 Å². The molecule has 7 heteroatoms. The summed E-state index contributed by atoms with van der Waals surface area (Å²) < 4.78 is 33.4. The van der Waals surface area contributed by atoms with Crippen LogP contribution in [0.4, 0.5) is 0 Å². The smallest absolute Gasteiger partial charge is 0.244 e. The van der Waals surface area contributed by atoms with Gasteiger partial charge in [0.15, 0.2) is 0 Å². The zero-order valence-electron chi connectivity index (χ0n) is 14.8. The maximum Gasteiger partial charge on any atom is 0.244 e. The van der Waals surface area contributed by atoms with Crippen molar-refractivity contribution in [3.05, 3.63) is 58.6 Å². The van der Waals surface area contributed by atoms with Gasteiger partial charge in [0, 0.05) is 17.6 Å². The summed E-state index contributed by atoms with van der Waals surface area (Å²) in [6, 6.07) is 12.3. The van der Waals surface area contributed by atoms with Crippen LogP contribution in [-0.4, -0.2) is 41.1 Å². The molecule has 2 aromatic carbocycles. The number of aryl methyl sites for hydroxylation is 1. The normalized spacial score (nSPS) is 13.0. The predicted molar refractivity (Wildman–Crippen MR) is 101 cm³/mol. The number of likely N-dealkylation sites (N-methyl/N-ethyl adjacent to an activating group) is 1. The zero-order valence-corrected chi connectivity index (χ0v) is 16.4. The fourth-order valence-corrected chi connectivity index (χ4v) is 3.96. The standard InChI is InChI=1S/C18H23ClN2O3S/c1-13-5-10-17(24-4)18(11-13)25(22,23)20-12-16(21(2)3)14-6-8-15(19)9-7-14/h5-11,16,20H,12H2,1-4H3. The van der Waals surface area contributed by atoms with Crippen LogP contribution in [0.15, 0.2) is 47.4 Å². The molecule has 0 radical (unpaired) electrons. The summed E-state index contributed by atoms with van der Waals surface area (Å²) in [4.78, 5) is 2.10. The van der Waals surface area contributed by atoms with Gasteiger partial charge in [0.1, 0.15) is 10.6 Å². The van der Waals surface area contributed by atoms with Crippen LogP contribution in [0.25, 0.3) is 0 Å². The third kappa shape index (κ3) is 4.95. The number of sulfonamides is 1.